The molecule has 0 N–H and O–H groups in total. The van der Waals surface area contributed by atoms with Crippen LogP contribution in [-0.4, -0.2) is 28.6 Å². The first-order valence-corrected chi connectivity index (χ1v) is 10.4. The molecule has 0 aliphatic heterocycles. The van der Waals surface area contributed by atoms with E-state index in [2.05, 4.69) is 15.9 Å². The van der Waals surface area contributed by atoms with Gasteiger partial charge in [0.25, 0.3) is 0 Å². The Balaban J connectivity index is 1.97. The van der Waals surface area contributed by atoms with Crippen molar-refractivity contribution < 1.29 is 14.3 Å². The number of esters is 1. The summed E-state index contributed by atoms with van der Waals surface area (Å²) in [5.41, 5.74) is 0.741. The number of carbonyl (C=O) groups excluding carboxylic acids is 2. The van der Waals surface area contributed by atoms with Crippen LogP contribution in [0.4, 0.5) is 0 Å². The van der Waals surface area contributed by atoms with E-state index in [1.165, 1.54) is 0 Å². The van der Waals surface area contributed by atoms with E-state index in [0.29, 0.717) is 17.9 Å². The number of rotatable bonds is 7. The van der Waals surface area contributed by atoms with Gasteiger partial charge in [-0.2, -0.15) is 0 Å². The van der Waals surface area contributed by atoms with Gasteiger partial charge < -0.3 is 4.74 Å². The Morgan fingerprint density at radius 2 is 1.71 bits per heavy atom. The van der Waals surface area contributed by atoms with Crippen molar-refractivity contribution in [1.29, 1.82) is 0 Å². The molecule has 0 amide bonds. The fourth-order valence-corrected chi connectivity index (χ4v) is 3.49. The highest BCUT2D eigenvalue weighted by Gasteiger charge is 2.22. The molecule has 0 aliphatic carbocycles. The van der Waals surface area contributed by atoms with Crippen LogP contribution in [0.2, 0.25) is 0 Å². The minimum atomic E-state index is -0.292. The van der Waals surface area contributed by atoms with Crippen molar-refractivity contribution in [3.05, 3.63) is 60.2 Å². The second kappa shape index (κ2) is 9.04. The number of carbonyl (C=O) groups is 2. The predicted molar refractivity (Wildman–Crippen MR) is 102 cm³/mol. The Morgan fingerprint density at radius 1 is 1.08 bits per heavy atom. The van der Waals surface area contributed by atoms with E-state index in [-0.39, 0.29) is 27.5 Å². The smallest absolute Gasteiger partial charge is 0.325 e. The zero-order valence-corrected chi connectivity index (χ0v) is 16.1. The van der Waals surface area contributed by atoms with Gasteiger partial charge in [-0.15, -0.1) is 0 Å². The van der Waals surface area contributed by atoms with Gasteiger partial charge in [-0.05, 0) is 30.7 Å². The van der Waals surface area contributed by atoms with Crippen molar-refractivity contribution in [3.8, 4) is 5.75 Å². The Labute approximate surface area is 153 Å². The van der Waals surface area contributed by atoms with Crippen LogP contribution in [0.1, 0.15) is 23.7 Å². The molecule has 0 saturated heterocycles. The van der Waals surface area contributed by atoms with Gasteiger partial charge in [-0.1, -0.05) is 53.2 Å². The molecule has 5 heteroatoms. The monoisotopic (exact) mass is 407 g/mol. The summed E-state index contributed by atoms with van der Waals surface area (Å²) in [6, 6.07) is 16.7. The van der Waals surface area contributed by atoms with Gasteiger partial charge in [-0.3, -0.25) is 9.59 Å². The maximum Gasteiger partial charge on any atom is 0.325 e. The standard InChI is InChI=1S/C19H20BrO3S/c1-3-17(20)19(22)23-15-9-11-16(12-10-15)24(2)13-18(21)14-7-5-4-6-8-14/h4-12,17H,3,13H2,1-2H3/q+1. The zero-order chi connectivity index (χ0) is 17.5. The molecule has 126 valence electrons. The quantitative estimate of drug-likeness (QED) is 0.226. The van der Waals surface area contributed by atoms with Crippen LogP contribution in [0.5, 0.6) is 5.75 Å². The highest BCUT2D eigenvalue weighted by molar-refractivity contribution is 9.10. The van der Waals surface area contributed by atoms with E-state index >= 15 is 0 Å². The summed E-state index contributed by atoms with van der Waals surface area (Å²) in [5, 5.41) is 0. The molecule has 2 atom stereocenters. The van der Waals surface area contributed by atoms with Crippen molar-refractivity contribution in [2.75, 3.05) is 12.0 Å². The van der Waals surface area contributed by atoms with Crippen LogP contribution < -0.4 is 4.74 Å². The fourth-order valence-electron chi connectivity index (χ4n) is 2.07. The molecule has 2 aromatic rings. The Morgan fingerprint density at radius 3 is 2.29 bits per heavy atom. The number of ketones is 1. The summed E-state index contributed by atoms with van der Waals surface area (Å²) in [7, 11) is -0.195. The molecular formula is C19H20BrO3S+. The van der Waals surface area contributed by atoms with Crippen LogP contribution in [0.15, 0.2) is 59.5 Å². The van der Waals surface area contributed by atoms with E-state index in [0.717, 1.165) is 10.5 Å². The third-order valence-corrected chi connectivity index (χ3v) is 6.30. The minimum Gasteiger partial charge on any atom is -0.426 e. The first-order valence-electron chi connectivity index (χ1n) is 7.68. The normalized spacial score (nSPS) is 13.1. The van der Waals surface area contributed by atoms with E-state index in [1.54, 1.807) is 12.1 Å². The van der Waals surface area contributed by atoms with Gasteiger partial charge >= 0.3 is 5.97 Å². The van der Waals surface area contributed by atoms with E-state index in [1.807, 2.05) is 55.6 Å². The minimum absolute atomic E-state index is 0.141. The molecule has 0 fully saturated rings. The molecule has 2 aromatic carbocycles. The van der Waals surface area contributed by atoms with Gasteiger partial charge in [0.2, 0.25) is 5.78 Å². The number of benzene rings is 2. The third kappa shape index (κ3) is 5.21. The molecule has 3 nitrogen and oxygen atoms in total. The number of ether oxygens (including phenoxy) is 1. The SMILES string of the molecule is CCC(Br)C(=O)Oc1ccc([S+](C)CC(=O)c2ccccc2)cc1. The van der Waals surface area contributed by atoms with Crippen molar-refractivity contribution in [2.45, 2.75) is 23.1 Å². The van der Waals surface area contributed by atoms with Crippen molar-refractivity contribution in [3.63, 3.8) is 0 Å². The van der Waals surface area contributed by atoms with Crippen molar-refractivity contribution in [1.82, 2.24) is 0 Å². The van der Waals surface area contributed by atoms with Crippen LogP contribution in [-0.2, 0) is 15.7 Å². The predicted octanol–water partition coefficient (Wildman–Crippen LogP) is 4.26. The highest BCUT2D eigenvalue weighted by Crippen LogP contribution is 2.20. The zero-order valence-electron chi connectivity index (χ0n) is 13.7. The van der Waals surface area contributed by atoms with Gasteiger partial charge in [0.15, 0.2) is 10.6 Å². The van der Waals surface area contributed by atoms with E-state index in [9.17, 15) is 9.59 Å². The average molecular weight is 408 g/mol. The Kier molecular flexibility index (Phi) is 7.06. The summed E-state index contributed by atoms with van der Waals surface area (Å²) in [5.74, 6) is 0.845. The highest BCUT2D eigenvalue weighted by atomic mass is 79.9. The molecule has 0 radical (unpaired) electrons. The first-order chi connectivity index (χ1) is 11.5. The van der Waals surface area contributed by atoms with Crippen molar-refractivity contribution >= 4 is 38.6 Å². The summed E-state index contributed by atoms with van der Waals surface area (Å²) in [6.07, 6.45) is 2.73. The molecule has 24 heavy (non-hydrogen) atoms. The molecule has 0 spiro atoms. The third-order valence-electron chi connectivity index (χ3n) is 3.50. The van der Waals surface area contributed by atoms with Gasteiger partial charge in [0.1, 0.15) is 16.8 Å². The lowest BCUT2D eigenvalue weighted by Gasteiger charge is -2.08. The molecular weight excluding hydrogens is 388 g/mol. The average Bonchev–Trinajstić information content (AvgIpc) is 2.62. The summed E-state index contributed by atoms with van der Waals surface area (Å²) in [4.78, 5) is 24.8. The van der Waals surface area contributed by atoms with Gasteiger partial charge in [0, 0.05) is 16.5 Å². The molecule has 0 saturated carbocycles. The number of halogens is 1. The van der Waals surface area contributed by atoms with Crippen molar-refractivity contribution in [2.24, 2.45) is 0 Å². The lowest BCUT2D eigenvalue weighted by molar-refractivity contribution is -0.133. The maximum absolute atomic E-state index is 12.3. The first kappa shape index (κ1) is 18.7. The summed E-state index contributed by atoms with van der Waals surface area (Å²) >= 11 is 3.28. The Bertz CT molecular complexity index is 686. The van der Waals surface area contributed by atoms with Gasteiger partial charge in [-0.25, -0.2) is 0 Å². The number of Topliss-reactive ketones (excluding diaryl/α,β-unsaturated/α-hetero) is 1. The fraction of sp³-hybridized carbons (Fsp3) is 0.263. The molecule has 0 aliphatic rings. The molecule has 0 bridgehead atoms. The van der Waals surface area contributed by atoms with E-state index < -0.39 is 0 Å². The molecule has 0 heterocycles. The second-order valence-electron chi connectivity index (χ2n) is 5.34. The largest absolute Gasteiger partial charge is 0.426 e. The molecule has 0 aromatic heterocycles. The number of alkyl halides is 1. The summed E-state index contributed by atoms with van der Waals surface area (Å²) < 4.78 is 5.30. The lowest BCUT2D eigenvalue weighted by Crippen LogP contribution is -2.19. The van der Waals surface area contributed by atoms with E-state index in [4.69, 9.17) is 4.74 Å². The number of hydrogen-bond donors (Lipinski definition) is 0. The number of hydrogen-bond acceptors (Lipinski definition) is 3. The second-order valence-corrected chi connectivity index (χ2v) is 8.48. The van der Waals surface area contributed by atoms with Crippen LogP contribution in [0, 0.1) is 0 Å². The summed E-state index contributed by atoms with van der Waals surface area (Å²) in [6.45, 7) is 1.91. The van der Waals surface area contributed by atoms with Crippen LogP contribution in [0.25, 0.3) is 0 Å². The van der Waals surface area contributed by atoms with Crippen LogP contribution in [0.3, 0.4) is 0 Å². The topological polar surface area (TPSA) is 43.4 Å². The van der Waals surface area contributed by atoms with Crippen LogP contribution >= 0.6 is 15.9 Å². The maximum atomic E-state index is 12.3. The lowest BCUT2D eigenvalue weighted by atomic mass is 10.2. The molecule has 2 rings (SSSR count). The Hall–Kier alpha value is -1.59. The van der Waals surface area contributed by atoms with Gasteiger partial charge in [0.05, 0.1) is 0 Å². The molecule has 2 unspecified atom stereocenters.